The van der Waals surface area contributed by atoms with Crippen LogP contribution in [-0.2, 0) is 4.74 Å². The Bertz CT molecular complexity index is 1280. The lowest BCUT2D eigenvalue weighted by molar-refractivity contribution is 0.0263. The molecule has 0 radical (unpaired) electrons. The van der Waals surface area contributed by atoms with Crippen LogP contribution < -0.4 is 5.32 Å². The van der Waals surface area contributed by atoms with Gasteiger partial charge in [0.25, 0.3) is 0 Å². The van der Waals surface area contributed by atoms with E-state index in [2.05, 4.69) is 25.3 Å². The summed E-state index contributed by atoms with van der Waals surface area (Å²) in [6.07, 6.45) is 8.95. The molecule has 8 nitrogen and oxygen atoms in total. The van der Waals surface area contributed by atoms with E-state index in [-0.39, 0.29) is 30.9 Å². The summed E-state index contributed by atoms with van der Waals surface area (Å²) in [7, 11) is 0. The van der Waals surface area contributed by atoms with E-state index in [9.17, 15) is 4.79 Å². The number of pyridine rings is 2. The van der Waals surface area contributed by atoms with Crippen LogP contribution in [0.15, 0.2) is 81.3 Å². The van der Waals surface area contributed by atoms with Crippen LogP contribution in [0.25, 0.3) is 0 Å². The van der Waals surface area contributed by atoms with Crippen LogP contribution in [0.1, 0.15) is 44.7 Å². The third-order valence-corrected chi connectivity index (χ3v) is 6.78. The topological polar surface area (TPSA) is 92.1 Å². The van der Waals surface area contributed by atoms with Gasteiger partial charge in [0.15, 0.2) is 0 Å². The molecular weight excluding hydrogens is 535 g/mol. The number of aromatic nitrogens is 2. The monoisotopic (exact) mass is 570 g/mol. The number of hydrogen-bond acceptors (Lipinski definition) is 7. The summed E-state index contributed by atoms with van der Waals surface area (Å²) < 4.78 is 5.48. The number of carbonyl (C=O) groups excluding carboxylic acids is 1. The summed E-state index contributed by atoms with van der Waals surface area (Å²) in [4.78, 5) is 31.4. The summed E-state index contributed by atoms with van der Waals surface area (Å²) in [5.74, 6) is 0. The molecule has 0 saturated carbocycles. The van der Waals surface area contributed by atoms with E-state index >= 15 is 0 Å². The van der Waals surface area contributed by atoms with E-state index in [1.54, 1.807) is 17.3 Å². The maximum absolute atomic E-state index is 12.3. The number of carbonyl (C=O) groups is 1. The molecule has 0 spiro atoms. The van der Waals surface area contributed by atoms with Crippen LogP contribution >= 0.6 is 24.8 Å². The first-order chi connectivity index (χ1) is 17.9. The average Bonchev–Trinajstić information content (AvgIpc) is 3.53. The molecule has 6 rings (SSSR count). The highest BCUT2D eigenvalue weighted by Crippen LogP contribution is 2.28. The maximum Gasteiger partial charge on any atom is 0.410 e. The van der Waals surface area contributed by atoms with Crippen LogP contribution in [0.5, 0.6) is 0 Å². The minimum atomic E-state index is -0.469. The summed E-state index contributed by atoms with van der Waals surface area (Å²) >= 11 is 0. The summed E-state index contributed by atoms with van der Waals surface area (Å²) in [6.45, 7) is 10.6. The number of rotatable bonds is 2. The Hall–Kier alpha value is -3.07. The molecule has 6 heterocycles. The van der Waals surface area contributed by atoms with Gasteiger partial charge in [0, 0.05) is 49.0 Å². The van der Waals surface area contributed by atoms with Crippen molar-refractivity contribution in [2.75, 3.05) is 39.3 Å². The van der Waals surface area contributed by atoms with Crippen molar-refractivity contribution in [2.24, 2.45) is 9.98 Å². The fraction of sp³-hybridized carbons (Fsp3) is 0.414. The highest BCUT2D eigenvalue weighted by atomic mass is 35.5. The molecule has 208 valence electrons. The van der Waals surface area contributed by atoms with Gasteiger partial charge in [-0.1, -0.05) is 0 Å². The van der Waals surface area contributed by atoms with Gasteiger partial charge in [0.2, 0.25) is 0 Å². The second-order valence-electron chi connectivity index (χ2n) is 10.5. The molecule has 4 aliphatic rings. The molecule has 1 amide bonds. The van der Waals surface area contributed by atoms with Gasteiger partial charge in [-0.2, -0.15) is 0 Å². The lowest BCUT2D eigenvalue weighted by atomic mass is 9.96. The third-order valence-electron chi connectivity index (χ3n) is 6.78. The molecule has 0 atom stereocenters. The molecule has 2 aromatic rings. The SMILES string of the molecule is CC(C)(C)OC(=O)N1CCC2=C(C1)C(c1ccncc1)=NC2.Cl.Cl.c1cc(C2=NCC3=C2CNCC3)ccn1. The van der Waals surface area contributed by atoms with Gasteiger partial charge in [-0.25, -0.2) is 4.79 Å². The second-order valence-corrected chi connectivity index (χ2v) is 10.5. The van der Waals surface area contributed by atoms with Crippen molar-refractivity contribution < 1.29 is 9.53 Å². The Balaban J connectivity index is 0.000000217. The number of ether oxygens (including phenoxy) is 1. The van der Waals surface area contributed by atoms with Gasteiger partial charge in [-0.3, -0.25) is 20.0 Å². The Labute approximate surface area is 242 Å². The van der Waals surface area contributed by atoms with Crippen molar-refractivity contribution in [3.05, 3.63) is 82.5 Å². The molecule has 0 aliphatic carbocycles. The molecule has 0 aromatic carbocycles. The van der Waals surface area contributed by atoms with E-state index in [0.29, 0.717) is 13.1 Å². The maximum atomic E-state index is 12.3. The Kier molecular flexibility index (Phi) is 10.4. The van der Waals surface area contributed by atoms with E-state index in [1.807, 2.05) is 57.4 Å². The molecule has 4 aliphatic heterocycles. The highest BCUT2D eigenvalue weighted by molar-refractivity contribution is 6.15. The molecule has 1 N–H and O–H groups in total. The zero-order valence-electron chi connectivity index (χ0n) is 22.6. The van der Waals surface area contributed by atoms with Crippen molar-refractivity contribution in [1.29, 1.82) is 0 Å². The summed E-state index contributed by atoms with van der Waals surface area (Å²) in [6, 6.07) is 7.98. The molecule has 0 saturated heterocycles. The molecule has 2 aromatic heterocycles. The standard InChI is InChI=1S/C17H21N3O2.C12H13N3.2ClH/c1-17(2,3)22-16(21)20-9-6-13-10-19-15(14(13)11-20)12-4-7-18-8-5-12;1-4-13-5-2-9(1)12-11-8-14-6-3-10(11)7-15-12;;/h4-5,7-8H,6,9-11H2,1-3H3;1-2,4-5,14H,3,6-8H2;2*1H. The van der Waals surface area contributed by atoms with Gasteiger partial charge < -0.3 is 15.0 Å². The summed E-state index contributed by atoms with van der Waals surface area (Å²) in [5, 5.41) is 3.40. The van der Waals surface area contributed by atoms with Crippen LogP contribution in [0.4, 0.5) is 4.79 Å². The van der Waals surface area contributed by atoms with Gasteiger partial charge in [0.1, 0.15) is 5.60 Å². The van der Waals surface area contributed by atoms with Gasteiger partial charge in [0.05, 0.1) is 31.1 Å². The van der Waals surface area contributed by atoms with Gasteiger partial charge >= 0.3 is 6.09 Å². The first-order valence-corrected chi connectivity index (χ1v) is 12.9. The van der Waals surface area contributed by atoms with E-state index in [4.69, 9.17) is 4.74 Å². The van der Waals surface area contributed by atoms with Crippen LogP contribution in [0.3, 0.4) is 0 Å². The molecule has 0 unspecified atom stereocenters. The van der Waals surface area contributed by atoms with E-state index < -0.39 is 5.60 Å². The normalized spacial score (nSPS) is 18.0. The molecular formula is C29H36Cl2N6O2. The Morgan fingerprint density at radius 1 is 0.846 bits per heavy atom. The van der Waals surface area contributed by atoms with Crippen molar-refractivity contribution in [3.63, 3.8) is 0 Å². The quantitative estimate of drug-likeness (QED) is 0.557. The molecule has 39 heavy (non-hydrogen) atoms. The van der Waals surface area contributed by atoms with Gasteiger partial charge in [-0.15, -0.1) is 24.8 Å². The third kappa shape index (κ3) is 7.32. The van der Waals surface area contributed by atoms with Crippen LogP contribution in [0.2, 0.25) is 0 Å². The lowest BCUT2D eigenvalue weighted by Gasteiger charge is -2.31. The summed E-state index contributed by atoms with van der Waals surface area (Å²) in [5.41, 5.74) is 9.38. The highest BCUT2D eigenvalue weighted by Gasteiger charge is 2.31. The Morgan fingerprint density at radius 3 is 1.95 bits per heavy atom. The van der Waals surface area contributed by atoms with Crippen LogP contribution in [0, 0.1) is 0 Å². The number of nitrogens with zero attached hydrogens (tertiary/aromatic N) is 5. The molecule has 10 heteroatoms. The molecule has 0 fully saturated rings. The van der Waals surface area contributed by atoms with Crippen molar-refractivity contribution >= 4 is 42.3 Å². The predicted molar refractivity (Wildman–Crippen MR) is 160 cm³/mol. The zero-order chi connectivity index (χ0) is 25.8. The number of halogens is 2. The number of nitrogens with one attached hydrogen (secondary N) is 1. The first kappa shape index (κ1) is 30.5. The first-order valence-electron chi connectivity index (χ1n) is 12.9. The van der Waals surface area contributed by atoms with Crippen molar-refractivity contribution in [1.82, 2.24) is 20.2 Å². The largest absolute Gasteiger partial charge is 0.444 e. The average molecular weight is 572 g/mol. The fourth-order valence-corrected chi connectivity index (χ4v) is 4.95. The molecule has 0 bridgehead atoms. The van der Waals surface area contributed by atoms with E-state index in [0.717, 1.165) is 50.3 Å². The smallest absolute Gasteiger partial charge is 0.410 e. The predicted octanol–water partition coefficient (Wildman–Crippen LogP) is 4.84. The fourth-order valence-electron chi connectivity index (χ4n) is 4.95. The van der Waals surface area contributed by atoms with Gasteiger partial charge in [-0.05, 0) is 86.7 Å². The lowest BCUT2D eigenvalue weighted by Crippen LogP contribution is -2.41. The van der Waals surface area contributed by atoms with Crippen LogP contribution in [-0.4, -0.2) is 77.3 Å². The minimum Gasteiger partial charge on any atom is -0.444 e. The number of amides is 1. The Morgan fingerprint density at radius 2 is 1.38 bits per heavy atom. The van der Waals surface area contributed by atoms with E-state index in [1.165, 1.54) is 33.6 Å². The number of hydrogen-bond donors (Lipinski definition) is 1. The zero-order valence-corrected chi connectivity index (χ0v) is 24.3. The van der Waals surface area contributed by atoms with Crippen molar-refractivity contribution in [2.45, 2.75) is 39.2 Å². The minimum absolute atomic E-state index is 0. The van der Waals surface area contributed by atoms with Crippen molar-refractivity contribution in [3.8, 4) is 0 Å². The number of aliphatic imine (C=N–C) groups is 2. The second kappa shape index (κ2) is 13.3.